The van der Waals surface area contributed by atoms with Crippen molar-refractivity contribution in [2.75, 3.05) is 26.7 Å². The summed E-state index contributed by atoms with van der Waals surface area (Å²) in [7, 11) is 1.66. The van der Waals surface area contributed by atoms with E-state index in [0.29, 0.717) is 19.5 Å². The fourth-order valence-corrected chi connectivity index (χ4v) is 6.00. The summed E-state index contributed by atoms with van der Waals surface area (Å²) in [5.74, 6) is 1.19. The molecule has 2 atom stereocenters. The van der Waals surface area contributed by atoms with Gasteiger partial charge in [0.15, 0.2) is 0 Å². The van der Waals surface area contributed by atoms with E-state index in [0.717, 1.165) is 30.6 Å². The van der Waals surface area contributed by atoms with Crippen LogP contribution in [-0.2, 0) is 16.0 Å². The van der Waals surface area contributed by atoms with Gasteiger partial charge in [0.1, 0.15) is 5.75 Å². The average molecular weight is 485 g/mol. The quantitative estimate of drug-likeness (QED) is 0.443. The van der Waals surface area contributed by atoms with Gasteiger partial charge in [-0.05, 0) is 65.3 Å². The Kier molecular flexibility index (Phi) is 8.80. The largest absolute Gasteiger partial charge is 0.497 e. The molecule has 0 bridgehead atoms. The smallest absolute Gasteiger partial charge is 0.242 e. The van der Waals surface area contributed by atoms with E-state index < -0.39 is 0 Å². The second-order valence-electron chi connectivity index (χ2n) is 10.7. The molecule has 2 unspecified atom stereocenters. The SMILES string of the molecule is CCCN(CC(=O)N1CCc2sccc2C1c1ccc(OC)cc1)C(=O)CC(C)CC(C)(C)C. The van der Waals surface area contributed by atoms with Gasteiger partial charge in [-0.15, -0.1) is 11.3 Å². The minimum absolute atomic E-state index is 0.0166. The van der Waals surface area contributed by atoms with E-state index in [1.807, 2.05) is 29.2 Å². The molecule has 0 fully saturated rings. The van der Waals surface area contributed by atoms with Gasteiger partial charge in [-0.1, -0.05) is 46.8 Å². The van der Waals surface area contributed by atoms with Crippen LogP contribution < -0.4 is 4.74 Å². The summed E-state index contributed by atoms with van der Waals surface area (Å²) in [6, 6.07) is 9.98. The molecule has 1 aliphatic rings. The minimum atomic E-state index is -0.133. The highest BCUT2D eigenvalue weighted by molar-refractivity contribution is 7.10. The molecule has 1 aromatic heterocycles. The maximum atomic E-state index is 13.7. The first kappa shape index (κ1) is 26.3. The van der Waals surface area contributed by atoms with Gasteiger partial charge in [0, 0.05) is 24.4 Å². The van der Waals surface area contributed by atoms with E-state index in [2.05, 4.69) is 46.1 Å². The number of amides is 2. The van der Waals surface area contributed by atoms with Crippen molar-refractivity contribution >= 4 is 23.2 Å². The monoisotopic (exact) mass is 484 g/mol. The van der Waals surface area contributed by atoms with Crippen molar-refractivity contribution < 1.29 is 14.3 Å². The molecule has 186 valence electrons. The van der Waals surface area contributed by atoms with Gasteiger partial charge in [-0.3, -0.25) is 9.59 Å². The zero-order valence-corrected chi connectivity index (χ0v) is 22.4. The molecule has 0 saturated carbocycles. The Hall–Kier alpha value is -2.34. The number of carbonyl (C=O) groups excluding carboxylic acids is 2. The number of hydrogen-bond acceptors (Lipinski definition) is 4. The molecular weight excluding hydrogens is 444 g/mol. The van der Waals surface area contributed by atoms with Gasteiger partial charge < -0.3 is 14.5 Å². The molecule has 0 saturated heterocycles. The number of ether oxygens (including phenoxy) is 1. The third-order valence-electron chi connectivity index (χ3n) is 6.37. The number of fused-ring (bicyclic) bond motifs is 1. The summed E-state index contributed by atoms with van der Waals surface area (Å²) in [6.07, 6.45) is 3.17. The van der Waals surface area contributed by atoms with Crippen molar-refractivity contribution in [3.8, 4) is 5.75 Å². The number of methoxy groups -OCH3 is 1. The normalized spacial score (nSPS) is 16.6. The second-order valence-corrected chi connectivity index (χ2v) is 11.7. The Morgan fingerprint density at radius 2 is 1.91 bits per heavy atom. The Morgan fingerprint density at radius 3 is 2.53 bits per heavy atom. The standard InChI is InChI=1S/C28H40N2O3S/c1-7-14-29(25(31)17-20(2)18-28(3,4)5)19-26(32)30-15-12-24-23(13-16-34-24)27(30)21-8-10-22(33-6)11-9-21/h8-11,13,16,20,27H,7,12,14-15,17-19H2,1-6H3. The third-order valence-corrected chi connectivity index (χ3v) is 7.37. The molecule has 2 heterocycles. The summed E-state index contributed by atoms with van der Waals surface area (Å²) in [5.41, 5.74) is 2.45. The topological polar surface area (TPSA) is 49.9 Å². The average Bonchev–Trinajstić information content (AvgIpc) is 3.25. The van der Waals surface area contributed by atoms with E-state index in [-0.39, 0.29) is 35.7 Å². The number of carbonyl (C=O) groups is 2. The highest BCUT2D eigenvalue weighted by Gasteiger charge is 2.34. The Labute approximate surface area is 209 Å². The molecule has 0 N–H and O–H groups in total. The molecular formula is C28H40N2O3S. The first-order valence-electron chi connectivity index (χ1n) is 12.4. The number of nitrogens with zero attached hydrogens (tertiary/aromatic N) is 2. The fourth-order valence-electron chi connectivity index (χ4n) is 5.09. The van der Waals surface area contributed by atoms with Crippen molar-refractivity contribution in [1.82, 2.24) is 9.80 Å². The van der Waals surface area contributed by atoms with Gasteiger partial charge in [0.2, 0.25) is 11.8 Å². The van der Waals surface area contributed by atoms with Crippen molar-refractivity contribution in [3.63, 3.8) is 0 Å². The lowest BCUT2D eigenvalue weighted by atomic mass is 9.84. The van der Waals surface area contributed by atoms with E-state index in [1.165, 1.54) is 10.4 Å². The van der Waals surface area contributed by atoms with Gasteiger partial charge >= 0.3 is 0 Å². The van der Waals surface area contributed by atoms with E-state index >= 15 is 0 Å². The van der Waals surface area contributed by atoms with Crippen LogP contribution in [0.1, 0.15) is 75.9 Å². The van der Waals surface area contributed by atoms with Gasteiger partial charge in [0.05, 0.1) is 19.7 Å². The molecule has 2 aromatic rings. The van der Waals surface area contributed by atoms with E-state index in [4.69, 9.17) is 4.74 Å². The predicted molar refractivity (Wildman–Crippen MR) is 139 cm³/mol. The lowest BCUT2D eigenvalue weighted by Crippen LogP contribution is -2.47. The summed E-state index contributed by atoms with van der Waals surface area (Å²) >= 11 is 1.76. The molecule has 1 aromatic carbocycles. The van der Waals surface area contributed by atoms with Crippen LogP contribution >= 0.6 is 11.3 Å². The highest BCUT2D eigenvalue weighted by atomic mass is 32.1. The summed E-state index contributed by atoms with van der Waals surface area (Å²) < 4.78 is 5.33. The van der Waals surface area contributed by atoms with Crippen molar-refractivity contribution in [3.05, 3.63) is 51.7 Å². The molecule has 3 rings (SSSR count). The first-order chi connectivity index (χ1) is 16.1. The van der Waals surface area contributed by atoms with Crippen molar-refractivity contribution in [2.24, 2.45) is 11.3 Å². The zero-order chi connectivity index (χ0) is 24.9. The van der Waals surface area contributed by atoms with Crippen molar-refractivity contribution in [1.29, 1.82) is 0 Å². The van der Waals surface area contributed by atoms with Crippen molar-refractivity contribution in [2.45, 2.75) is 66.3 Å². The first-order valence-corrected chi connectivity index (χ1v) is 13.3. The molecule has 2 amide bonds. The molecule has 0 aliphatic carbocycles. The fraction of sp³-hybridized carbons (Fsp3) is 0.571. The highest BCUT2D eigenvalue weighted by Crippen LogP contribution is 2.38. The van der Waals surface area contributed by atoms with E-state index in [9.17, 15) is 9.59 Å². The Bertz CT molecular complexity index is 961. The van der Waals surface area contributed by atoms with Crippen LogP contribution in [0.4, 0.5) is 0 Å². The summed E-state index contributed by atoms with van der Waals surface area (Å²) in [4.78, 5) is 31.9. The molecule has 6 heteroatoms. The summed E-state index contributed by atoms with van der Waals surface area (Å²) in [5, 5.41) is 2.11. The summed E-state index contributed by atoms with van der Waals surface area (Å²) in [6.45, 7) is 12.2. The Balaban J connectivity index is 1.78. The lowest BCUT2D eigenvalue weighted by molar-refractivity contribution is -0.142. The third kappa shape index (κ3) is 6.62. The number of hydrogen-bond donors (Lipinski definition) is 0. The maximum absolute atomic E-state index is 13.7. The molecule has 1 aliphatic heterocycles. The second kappa shape index (κ2) is 11.4. The van der Waals surface area contributed by atoms with Crippen LogP contribution in [-0.4, -0.2) is 48.4 Å². The lowest BCUT2D eigenvalue weighted by Gasteiger charge is -2.38. The molecule has 0 spiro atoms. The number of rotatable bonds is 9. The predicted octanol–water partition coefficient (Wildman–Crippen LogP) is 5.93. The maximum Gasteiger partial charge on any atom is 0.242 e. The minimum Gasteiger partial charge on any atom is -0.497 e. The molecule has 0 radical (unpaired) electrons. The molecule has 5 nitrogen and oxygen atoms in total. The van der Waals surface area contributed by atoms with Crippen LogP contribution in [0.2, 0.25) is 0 Å². The molecule has 34 heavy (non-hydrogen) atoms. The van der Waals surface area contributed by atoms with Gasteiger partial charge in [-0.2, -0.15) is 0 Å². The van der Waals surface area contributed by atoms with Crippen LogP contribution in [0.5, 0.6) is 5.75 Å². The zero-order valence-electron chi connectivity index (χ0n) is 21.6. The van der Waals surface area contributed by atoms with E-state index in [1.54, 1.807) is 23.3 Å². The van der Waals surface area contributed by atoms with Gasteiger partial charge in [0.25, 0.3) is 0 Å². The number of thiophene rings is 1. The van der Waals surface area contributed by atoms with Crippen LogP contribution in [0.15, 0.2) is 35.7 Å². The van der Waals surface area contributed by atoms with Crippen LogP contribution in [0, 0.1) is 11.3 Å². The van der Waals surface area contributed by atoms with Crippen LogP contribution in [0.25, 0.3) is 0 Å². The Morgan fingerprint density at radius 1 is 1.21 bits per heavy atom. The number of benzene rings is 1. The van der Waals surface area contributed by atoms with Crippen LogP contribution in [0.3, 0.4) is 0 Å². The van der Waals surface area contributed by atoms with Gasteiger partial charge in [-0.25, -0.2) is 0 Å².